The van der Waals surface area contributed by atoms with E-state index in [2.05, 4.69) is 15.0 Å². The van der Waals surface area contributed by atoms with E-state index in [0.717, 1.165) is 0 Å². The number of halogens is 1. The second-order valence-electron chi connectivity index (χ2n) is 4.51. The lowest BCUT2D eigenvalue weighted by atomic mass is 10.3. The zero-order chi connectivity index (χ0) is 15.2. The van der Waals surface area contributed by atoms with Crippen molar-refractivity contribution in [3.8, 4) is 5.75 Å². The first kappa shape index (κ1) is 14.9. The summed E-state index contributed by atoms with van der Waals surface area (Å²) in [6.07, 6.45) is 0. The van der Waals surface area contributed by atoms with Gasteiger partial charge in [0, 0.05) is 6.54 Å². The molecule has 0 unspecified atom stereocenters. The molecule has 0 saturated carbocycles. The SMILES string of the molecule is CN(CCOc1ccc(F)cc1)Cc1nc(N)nc(N)n1. The molecule has 8 heteroatoms. The molecule has 0 aliphatic heterocycles. The maximum atomic E-state index is 12.7. The fourth-order valence-corrected chi connectivity index (χ4v) is 1.70. The Kier molecular flexibility index (Phi) is 4.83. The Morgan fingerprint density at radius 1 is 1.10 bits per heavy atom. The molecule has 0 atom stereocenters. The van der Waals surface area contributed by atoms with Crippen molar-refractivity contribution in [1.82, 2.24) is 19.9 Å². The highest BCUT2D eigenvalue weighted by Gasteiger charge is 2.06. The summed E-state index contributed by atoms with van der Waals surface area (Å²) in [6.45, 7) is 1.57. The minimum Gasteiger partial charge on any atom is -0.492 e. The molecular weight excluding hydrogens is 275 g/mol. The van der Waals surface area contributed by atoms with E-state index in [9.17, 15) is 4.39 Å². The molecule has 0 aliphatic carbocycles. The molecule has 2 aromatic rings. The monoisotopic (exact) mass is 292 g/mol. The van der Waals surface area contributed by atoms with Gasteiger partial charge in [0.25, 0.3) is 0 Å². The predicted molar refractivity (Wildman–Crippen MR) is 76.9 cm³/mol. The van der Waals surface area contributed by atoms with Crippen LogP contribution >= 0.6 is 0 Å². The van der Waals surface area contributed by atoms with Crippen LogP contribution in [0.2, 0.25) is 0 Å². The van der Waals surface area contributed by atoms with Crippen molar-refractivity contribution in [3.63, 3.8) is 0 Å². The highest BCUT2D eigenvalue weighted by Crippen LogP contribution is 2.11. The zero-order valence-corrected chi connectivity index (χ0v) is 11.7. The van der Waals surface area contributed by atoms with Gasteiger partial charge in [-0.2, -0.15) is 15.0 Å². The van der Waals surface area contributed by atoms with Gasteiger partial charge in [-0.1, -0.05) is 0 Å². The number of ether oxygens (including phenoxy) is 1. The quantitative estimate of drug-likeness (QED) is 0.807. The number of benzene rings is 1. The Bertz CT molecular complexity index is 571. The molecule has 21 heavy (non-hydrogen) atoms. The number of nitrogens with two attached hydrogens (primary N) is 2. The number of likely N-dealkylation sites (N-methyl/N-ethyl adjacent to an activating group) is 1. The topological polar surface area (TPSA) is 103 Å². The number of hydrogen-bond donors (Lipinski definition) is 2. The highest BCUT2D eigenvalue weighted by atomic mass is 19.1. The van der Waals surface area contributed by atoms with E-state index in [1.807, 2.05) is 11.9 Å². The normalized spacial score (nSPS) is 10.8. The number of nitrogens with zero attached hydrogens (tertiary/aromatic N) is 4. The molecule has 7 nitrogen and oxygen atoms in total. The van der Waals surface area contributed by atoms with E-state index in [0.29, 0.717) is 31.3 Å². The van der Waals surface area contributed by atoms with Crippen LogP contribution < -0.4 is 16.2 Å². The average Bonchev–Trinajstić information content (AvgIpc) is 2.39. The fraction of sp³-hybridized carbons (Fsp3) is 0.308. The van der Waals surface area contributed by atoms with Gasteiger partial charge in [-0.25, -0.2) is 4.39 Å². The van der Waals surface area contributed by atoms with Gasteiger partial charge in [-0.05, 0) is 31.3 Å². The van der Waals surface area contributed by atoms with Crippen LogP contribution in [0, 0.1) is 5.82 Å². The number of rotatable bonds is 6. The summed E-state index contributed by atoms with van der Waals surface area (Å²) >= 11 is 0. The first-order valence-electron chi connectivity index (χ1n) is 6.36. The van der Waals surface area contributed by atoms with Crippen LogP contribution in [0.15, 0.2) is 24.3 Å². The van der Waals surface area contributed by atoms with E-state index in [4.69, 9.17) is 16.2 Å². The predicted octanol–water partition coefficient (Wildman–Crippen LogP) is 0.686. The van der Waals surface area contributed by atoms with Crippen molar-refractivity contribution in [1.29, 1.82) is 0 Å². The smallest absolute Gasteiger partial charge is 0.225 e. The van der Waals surface area contributed by atoms with E-state index in [1.54, 1.807) is 12.1 Å². The maximum Gasteiger partial charge on any atom is 0.225 e. The van der Waals surface area contributed by atoms with Gasteiger partial charge in [0.1, 0.15) is 24.0 Å². The van der Waals surface area contributed by atoms with Crippen molar-refractivity contribution in [2.45, 2.75) is 6.54 Å². The first-order chi connectivity index (χ1) is 10.0. The van der Waals surface area contributed by atoms with Gasteiger partial charge >= 0.3 is 0 Å². The van der Waals surface area contributed by atoms with Crippen molar-refractivity contribution in [2.75, 3.05) is 31.7 Å². The Morgan fingerprint density at radius 3 is 2.33 bits per heavy atom. The van der Waals surface area contributed by atoms with Gasteiger partial charge < -0.3 is 16.2 Å². The molecule has 112 valence electrons. The van der Waals surface area contributed by atoms with Crippen LogP contribution in [0.25, 0.3) is 0 Å². The number of hydrogen-bond acceptors (Lipinski definition) is 7. The Labute approximate surface area is 121 Å². The van der Waals surface area contributed by atoms with Crippen molar-refractivity contribution >= 4 is 11.9 Å². The summed E-state index contributed by atoms with van der Waals surface area (Å²) in [5.74, 6) is 1.05. The van der Waals surface area contributed by atoms with E-state index < -0.39 is 0 Å². The third kappa shape index (κ3) is 4.84. The lowest BCUT2D eigenvalue weighted by Crippen LogP contribution is -2.25. The molecule has 0 saturated heterocycles. The van der Waals surface area contributed by atoms with E-state index in [1.165, 1.54) is 12.1 Å². The minimum atomic E-state index is -0.288. The van der Waals surface area contributed by atoms with Crippen molar-refractivity contribution in [2.24, 2.45) is 0 Å². The molecule has 1 heterocycles. The molecule has 4 N–H and O–H groups in total. The number of anilines is 2. The molecule has 0 aliphatic rings. The summed E-state index contributed by atoms with van der Waals surface area (Å²) in [5.41, 5.74) is 11.0. The molecule has 0 radical (unpaired) electrons. The van der Waals surface area contributed by atoms with Gasteiger partial charge in [0.05, 0.1) is 6.54 Å². The Hall–Kier alpha value is -2.48. The minimum absolute atomic E-state index is 0.105. The molecule has 0 bridgehead atoms. The van der Waals surface area contributed by atoms with Crippen LogP contribution in [0.4, 0.5) is 16.3 Å². The molecule has 0 spiro atoms. The third-order valence-corrected chi connectivity index (χ3v) is 2.68. The van der Waals surface area contributed by atoms with Crippen LogP contribution in [0.3, 0.4) is 0 Å². The first-order valence-corrected chi connectivity index (χ1v) is 6.36. The molecule has 0 fully saturated rings. The molecule has 1 aromatic carbocycles. The van der Waals surface area contributed by atoms with Crippen LogP contribution in [-0.2, 0) is 6.54 Å². The fourth-order valence-electron chi connectivity index (χ4n) is 1.70. The average molecular weight is 292 g/mol. The second kappa shape index (κ2) is 6.80. The van der Waals surface area contributed by atoms with Crippen LogP contribution in [0.5, 0.6) is 5.75 Å². The summed E-state index contributed by atoms with van der Waals surface area (Å²) in [7, 11) is 1.89. The number of aromatic nitrogens is 3. The van der Waals surface area contributed by atoms with Gasteiger partial charge in [0.15, 0.2) is 0 Å². The summed E-state index contributed by atoms with van der Waals surface area (Å²) in [6, 6.07) is 5.89. The van der Waals surface area contributed by atoms with Gasteiger partial charge in [-0.3, -0.25) is 4.90 Å². The summed E-state index contributed by atoms with van der Waals surface area (Å²) < 4.78 is 18.2. The molecule has 1 aromatic heterocycles. The second-order valence-corrected chi connectivity index (χ2v) is 4.51. The van der Waals surface area contributed by atoms with Crippen molar-refractivity contribution < 1.29 is 9.13 Å². The van der Waals surface area contributed by atoms with Crippen LogP contribution in [0.1, 0.15) is 5.82 Å². The summed E-state index contributed by atoms with van der Waals surface area (Å²) in [4.78, 5) is 13.7. The Balaban J connectivity index is 1.79. The van der Waals surface area contributed by atoms with Gasteiger partial charge in [-0.15, -0.1) is 0 Å². The Morgan fingerprint density at radius 2 is 1.71 bits per heavy atom. The van der Waals surface area contributed by atoms with Crippen LogP contribution in [-0.4, -0.2) is 40.1 Å². The maximum absolute atomic E-state index is 12.7. The van der Waals surface area contributed by atoms with E-state index >= 15 is 0 Å². The largest absolute Gasteiger partial charge is 0.492 e. The standard InChI is InChI=1S/C13H17FN6O/c1-20(8-11-17-12(15)19-13(16)18-11)6-7-21-10-4-2-9(14)3-5-10/h2-5H,6-8H2,1H3,(H4,15,16,17,18,19). The third-order valence-electron chi connectivity index (χ3n) is 2.68. The van der Waals surface area contributed by atoms with Gasteiger partial charge in [0.2, 0.25) is 11.9 Å². The lowest BCUT2D eigenvalue weighted by Gasteiger charge is -2.16. The zero-order valence-electron chi connectivity index (χ0n) is 11.7. The summed E-state index contributed by atoms with van der Waals surface area (Å²) in [5, 5.41) is 0. The number of nitrogen functional groups attached to an aromatic ring is 2. The lowest BCUT2D eigenvalue weighted by molar-refractivity contribution is 0.229. The molecule has 0 amide bonds. The van der Waals surface area contributed by atoms with E-state index in [-0.39, 0.29) is 17.7 Å². The highest BCUT2D eigenvalue weighted by molar-refractivity contribution is 5.25. The molecular formula is C13H17FN6O. The van der Waals surface area contributed by atoms with Crippen molar-refractivity contribution in [3.05, 3.63) is 35.9 Å². The molecule has 2 rings (SSSR count).